The van der Waals surface area contributed by atoms with Crippen LogP contribution in [0.5, 0.6) is 0 Å². The van der Waals surface area contributed by atoms with E-state index in [2.05, 4.69) is 10.0 Å². The third kappa shape index (κ3) is 5.02. The van der Waals surface area contributed by atoms with Gasteiger partial charge in [0.1, 0.15) is 0 Å². The number of hydrogen-bond donors (Lipinski definition) is 2. The fourth-order valence-electron chi connectivity index (χ4n) is 3.68. The third-order valence-corrected chi connectivity index (χ3v) is 6.46. The highest BCUT2D eigenvalue weighted by Crippen LogP contribution is 2.36. The Kier molecular flexibility index (Phi) is 5.95. The van der Waals surface area contributed by atoms with Crippen LogP contribution in [0.1, 0.15) is 68.6 Å². The molecule has 2 N–H and O–H groups in total. The maximum atomic E-state index is 12.8. The Bertz CT molecular complexity index is 907. The summed E-state index contributed by atoms with van der Waals surface area (Å²) in [7, 11) is -3.82. The Morgan fingerprint density at radius 3 is 2.32 bits per heavy atom. The molecule has 1 unspecified atom stereocenters. The van der Waals surface area contributed by atoms with E-state index in [1.165, 1.54) is 12.1 Å². The van der Waals surface area contributed by atoms with Gasteiger partial charge in [-0.1, -0.05) is 43.2 Å². The monoisotopic (exact) mass is 404 g/mol. The Morgan fingerprint density at radius 1 is 1.07 bits per heavy atom. The quantitative estimate of drug-likeness (QED) is 0.761. The number of nitrogens with one attached hydrogen (secondary N) is 2. The molecule has 0 saturated heterocycles. The molecule has 0 bridgehead atoms. The topological polar surface area (TPSA) is 88.4 Å². The van der Waals surface area contributed by atoms with Crippen molar-refractivity contribution < 1.29 is 17.6 Å². The molecule has 28 heavy (non-hydrogen) atoms. The van der Waals surface area contributed by atoms with E-state index >= 15 is 0 Å². The number of sulfonamides is 1. The van der Waals surface area contributed by atoms with Crippen molar-refractivity contribution in [3.8, 4) is 0 Å². The summed E-state index contributed by atoms with van der Waals surface area (Å²) in [5.41, 5.74) is 0.408. The lowest BCUT2D eigenvalue weighted by atomic mass is 9.91. The van der Waals surface area contributed by atoms with Gasteiger partial charge in [0.2, 0.25) is 5.09 Å². The molecule has 1 aromatic carbocycles. The van der Waals surface area contributed by atoms with E-state index in [9.17, 15) is 13.2 Å². The van der Waals surface area contributed by atoms with Gasteiger partial charge < -0.3 is 9.73 Å². The zero-order valence-electron chi connectivity index (χ0n) is 16.6. The molecule has 1 aliphatic carbocycles. The fraction of sp³-hybridized carbons (Fsp3) is 0.476. The number of carbonyl (C=O) groups is 1. The summed E-state index contributed by atoms with van der Waals surface area (Å²) in [5.74, 6) is -0.0433. The number of carbonyl (C=O) groups excluding carboxylic acids is 1. The molecule has 1 aliphatic rings. The molecular weight excluding hydrogens is 376 g/mol. The van der Waals surface area contributed by atoms with Gasteiger partial charge in [-0.2, -0.15) is 0 Å². The van der Waals surface area contributed by atoms with Crippen LogP contribution in [0.25, 0.3) is 0 Å². The van der Waals surface area contributed by atoms with Crippen molar-refractivity contribution in [2.75, 3.05) is 0 Å². The van der Waals surface area contributed by atoms with Crippen LogP contribution in [-0.4, -0.2) is 19.9 Å². The van der Waals surface area contributed by atoms with Crippen LogP contribution in [0.15, 0.2) is 52.0 Å². The zero-order chi connectivity index (χ0) is 20.4. The smallest absolute Gasteiger partial charge is 0.287 e. The average Bonchev–Trinajstić information content (AvgIpc) is 3.30. The van der Waals surface area contributed by atoms with Gasteiger partial charge in [0.25, 0.3) is 15.9 Å². The normalized spacial score (nSPS) is 16.8. The van der Waals surface area contributed by atoms with Gasteiger partial charge in [0.15, 0.2) is 5.76 Å². The number of rotatable bonds is 6. The van der Waals surface area contributed by atoms with Crippen LogP contribution in [0.2, 0.25) is 0 Å². The van der Waals surface area contributed by atoms with E-state index in [1.54, 1.807) is 20.8 Å². The van der Waals surface area contributed by atoms with Gasteiger partial charge in [0.05, 0.1) is 6.04 Å². The highest BCUT2D eigenvalue weighted by molar-refractivity contribution is 7.89. The van der Waals surface area contributed by atoms with Gasteiger partial charge in [-0.15, -0.1) is 0 Å². The minimum atomic E-state index is -3.82. The number of benzene rings is 1. The van der Waals surface area contributed by atoms with Crippen LogP contribution in [0.4, 0.5) is 0 Å². The molecule has 1 saturated carbocycles. The molecule has 0 spiro atoms. The molecule has 0 radical (unpaired) electrons. The zero-order valence-corrected chi connectivity index (χ0v) is 17.4. The molecule has 3 rings (SSSR count). The standard InChI is InChI=1S/C21H28N2O4S/c1-21(2,3)23-28(25,26)18-14-13-17(27-18)20(24)22-19(16-11-7-8-12-16)15-9-5-4-6-10-15/h4-6,9-10,13-14,16,19,23H,7-8,11-12H2,1-3H3,(H,22,24). The molecular formula is C21H28N2O4S. The predicted octanol–water partition coefficient (Wildman–Crippen LogP) is 4.02. The largest absolute Gasteiger partial charge is 0.438 e. The van der Waals surface area contributed by atoms with Crippen molar-refractivity contribution in [2.45, 2.75) is 63.1 Å². The van der Waals surface area contributed by atoms with Crippen molar-refractivity contribution in [3.05, 3.63) is 53.8 Å². The lowest BCUT2D eigenvalue weighted by Gasteiger charge is -2.24. The molecule has 152 valence electrons. The maximum absolute atomic E-state index is 12.8. The summed E-state index contributed by atoms with van der Waals surface area (Å²) in [6, 6.07) is 12.5. The molecule has 6 nitrogen and oxygen atoms in total. The second-order valence-electron chi connectivity index (χ2n) is 8.38. The van der Waals surface area contributed by atoms with E-state index in [1.807, 2.05) is 30.3 Å². The van der Waals surface area contributed by atoms with Crippen molar-refractivity contribution in [1.29, 1.82) is 0 Å². The van der Waals surface area contributed by atoms with Crippen LogP contribution >= 0.6 is 0 Å². The van der Waals surface area contributed by atoms with Crippen molar-refractivity contribution >= 4 is 15.9 Å². The van der Waals surface area contributed by atoms with E-state index in [0.717, 1.165) is 31.2 Å². The Hall–Kier alpha value is -2.12. The summed E-state index contributed by atoms with van der Waals surface area (Å²) in [6.45, 7) is 5.23. The van der Waals surface area contributed by atoms with Crippen molar-refractivity contribution in [3.63, 3.8) is 0 Å². The maximum Gasteiger partial charge on any atom is 0.287 e. The first-order valence-corrected chi connectivity index (χ1v) is 11.1. The summed E-state index contributed by atoms with van der Waals surface area (Å²) in [6.07, 6.45) is 4.44. The van der Waals surface area contributed by atoms with Gasteiger partial charge in [0, 0.05) is 5.54 Å². The number of amides is 1. The molecule has 2 aromatic rings. The Morgan fingerprint density at radius 2 is 1.71 bits per heavy atom. The second-order valence-corrected chi connectivity index (χ2v) is 9.99. The van der Waals surface area contributed by atoms with Crippen molar-refractivity contribution in [1.82, 2.24) is 10.0 Å². The molecule has 1 amide bonds. The van der Waals surface area contributed by atoms with Crippen LogP contribution in [0.3, 0.4) is 0 Å². The number of furan rings is 1. The fourth-order valence-corrected chi connectivity index (χ4v) is 5.03. The van der Waals surface area contributed by atoms with Gasteiger partial charge in [-0.25, -0.2) is 13.1 Å². The first-order chi connectivity index (χ1) is 13.2. The molecule has 1 aromatic heterocycles. The molecule has 0 aliphatic heterocycles. The molecule has 7 heteroatoms. The van der Waals surface area contributed by atoms with Crippen LogP contribution in [0, 0.1) is 5.92 Å². The predicted molar refractivity (Wildman–Crippen MR) is 107 cm³/mol. The van der Waals surface area contributed by atoms with E-state index in [0.29, 0.717) is 5.92 Å². The lowest BCUT2D eigenvalue weighted by Crippen LogP contribution is -2.40. The second kappa shape index (κ2) is 8.09. The average molecular weight is 405 g/mol. The minimum Gasteiger partial charge on any atom is -0.438 e. The SMILES string of the molecule is CC(C)(C)NS(=O)(=O)c1ccc(C(=O)NC(c2ccccc2)C2CCCC2)o1. The first kappa shape index (κ1) is 20.6. The van der Waals surface area contributed by atoms with E-state index < -0.39 is 21.5 Å². The Balaban J connectivity index is 1.79. The summed E-state index contributed by atoms with van der Waals surface area (Å²) >= 11 is 0. The van der Waals surface area contributed by atoms with Crippen molar-refractivity contribution in [2.24, 2.45) is 5.92 Å². The van der Waals surface area contributed by atoms with Crippen LogP contribution in [-0.2, 0) is 10.0 Å². The summed E-state index contributed by atoms with van der Waals surface area (Å²) in [4.78, 5) is 12.8. The highest BCUT2D eigenvalue weighted by atomic mass is 32.2. The highest BCUT2D eigenvalue weighted by Gasteiger charge is 2.30. The van der Waals surface area contributed by atoms with Gasteiger partial charge >= 0.3 is 0 Å². The summed E-state index contributed by atoms with van der Waals surface area (Å²) in [5, 5.41) is 2.80. The lowest BCUT2D eigenvalue weighted by molar-refractivity contribution is 0.0888. The molecule has 1 atom stereocenters. The van der Waals surface area contributed by atoms with E-state index in [-0.39, 0.29) is 16.9 Å². The first-order valence-electron chi connectivity index (χ1n) is 9.65. The molecule has 1 fully saturated rings. The third-order valence-electron chi connectivity index (χ3n) is 4.83. The summed E-state index contributed by atoms with van der Waals surface area (Å²) < 4.78 is 32.7. The molecule has 1 heterocycles. The Labute approximate surface area is 166 Å². The van der Waals surface area contributed by atoms with Gasteiger partial charge in [-0.05, 0) is 57.2 Å². The number of hydrogen-bond acceptors (Lipinski definition) is 4. The van der Waals surface area contributed by atoms with Gasteiger partial charge in [-0.3, -0.25) is 4.79 Å². The van der Waals surface area contributed by atoms with E-state index in [4.69, 9.17) is 4.42 Å². The van der Waals surface area contributed by atoms with Crippen LogP contribution < -0.4 is 10.0 Å². The minimum absolute atomic E-state index is 0.00628.